The van der Waals surface area contributed by atoms with Crippen molar-refractivity contribution in [3.05, 3.63) is 65.2 Å². The fourth-order valence-corrected chi connectivity index (χ4v) is 2.76. The average Bonchev–Trinajstić information content (AvgIpc) is 3.08. The molecule has 4 heteroatoms. The van der Waals surface area contributed by atoms with Crippen LogP contribution < -0.4 is 4.90 Å². The van der Waals surface area contributed by atoms with Crippen molar-refractivity contribution in [1.82, 2.24) is 0 Å². The first kappa shape index (κ1) is 15.1. The molecule has 2 aromatic carbocycles. The van der Waals surface area contributed by atoms with Gasteiger partial charge < -0.3 is 9.64 Å². The fraction of sp³-hybridized carbons (Fsp3) is 0.278. The Bertz CT molecular complexity index is 621. The minimum atomic E-state index is -0.0561. The lowest BCUT2D eigenvalue weighted by molar-refractivity contribution is -0.122. The molecule has 3 rings (SSSR count). The highest BCUT2D eigenvalue weighted by molar-refractivity contribution is 6.30. The maximum atomic E-state index is 12.8. The Hall–Kier alpha value is -1.84. The lowest BCUT2D eigenvalue weighted by atomic mass is 10.1. The molecule has 1 fully saturated rings. The van der Waals surface area contributed by atoms with Gasteiger partial charge >= 0.3 is 0 Å². The second kappa shape index (κ2) is 6.95. The van der Waals surface area contributed by atoms with E-state index in [9.17, 15) is 4.79 Å². The van der Waals surface area contributed by atoms with Gasteiger partial charge in [-0.15, -0.1) is 0 Å². The third-order valence-corrected chi connectivity index (χ3v) is 4.12. The molecule has 3 nitrogen and oxygen atoms in total. The van der Waals surface area contributed by atoms with Gasteiger partial charge in [0.25, 0.3) is 0 Å². The molecular weight excluding hydrogens is 298 g/mol. The molecule has 0 radical (unpaired) electrons. The highest BCUT2D eigenvalue weighted by Crippen LogP contribution is 2.25. The van der Waals surface area contributed by atoms with Crippen LogP contribution in [-0.2, 0) is 16.1 Å². The topological polar surface area (TPSA) is 29.5 Å². The SMILES string of the molecule is O=C(C1CCOC1)N(Cc1ccccc1)c1ccc(Cl)cc1. The summed E-state index contributed by atoms with van der Waals surface area (Å²) in [5.41, 5.74) is 1.97. The molecule has 1 heterocycles. The van der Waals surface area contributed by atoms with Crippen LogP contribution in [0.1, 0.15) is 12.0 Å². The smallest absolute Gasteiger partial charge is 0.232 e. The summed E-state index contributed by atoms with van der Waals surface area (Å²) in [5.74, 6) is 0.0584. The van der Waals surface area contributed by atoms with Crippen LogP contribution in [0, 0.1) is 5.92 Å². The number of hydrogen-bond donors (Lipinski definition) is 0. The van der Waals surface area contributed by atoms with Crippen molar-refractivity contribution in [2.75, 3.05) is 18.1 Å². The molecule has 1 atom stereocenters. The van der Waals surface area contributed by atoms with Gasteiger partial charge in [0.15, 0.2) is 0 Å². The molecule has 0 saturated carbocycles. The van der Waals surface area contributed by atoms with E-state index in [1.807, 2.05) is 59.5 Å². The third-order valence-electron chi connectivity index (χ3n) is 3.87. The quantitative estimate of drug-likeness (QED) is 0.856. The van der Waals surface area contributed by atoms with Crippen molar-refractivity contribution in [3.63, 3.8) is 0 Å². The van der Waals surface area contributed by atoms with Gasteiger partial charge in [-0.1, -0.05) is 41.9 Å². The van der Waals surface area contributed by atoms with E-state index in [0.29, 0.717) is 24.8 Å². The van der Waals surface area contributed by atoms with Crippen molar-refractivity contribution in [2.24, 2.45) is 5.92 Å². The van der Waals surface area contributed by atoms with Gasteiger partial charge in [-0.2, -0.15) is 0 Å². The highest BCUT2D eigenvalue weighted by atomic mass is 35.5. The Morgan fingerprint density at radius 2 is 1.86 bits per heavy atom. The molecule has 1 aliphatic heterocycles. The number of halogens is 1. The van der Waals surface area contributed by atoms with Gasteiger partial charge in [0.1, 0.15) is 0 Å². The van der Waals surface area contributed by atoms with Crippen LogP contribution in [0.4, 0.5) is 5.69 Å². The Kier molecular flexibility index (Phi) is 4.76. The van der Waals surface area contributed by atoms with E-state index in [0.717, 1.165) is 17.7 Å². The van der Waals surface area contributed by atoms with E-state index >= 15 is 0 Å². The van der Waals surface area contributed by atoms with E-state index < -0.39 is 0 Å². The molecule has 22 heavy (non-hydrogen) atoms. The van der Waals surface area contributed by atoms with E-state index in [1.54, 1.807) is 0 Å². The Labute approximate surface area is 135 Å². The van der Waals surface area contributed by atoms with E-state index in [-0.39, 0.29) is 11.8 Å². The minimum absolute atomic E-state index is 0.0561. The zero-order valence-electron chi connectivity index (χ0n) is 12.2. The summed E-state index contributed by atoms with van der Waals surface area (Å²) in [5, 5.41) is 0.667. The van der Waals surface area contributed by atoms with Crippen molar-refractivity contribution in [1.29, 1.82) is 0 Å². The Morgan fingerprint density at radius 3 is 2.50 bits per heavy atom. The van der Waals surface area contributed by atoms with Crippen molar-refractivity contribution < 1.29 is 9.53 Å². The predicted octanol–water partition coefficient (Wildman–Crippen LogP) is 3.91. The van der Waals surface area contributed by atoms with Gasteiger partial charge in [0, 0.05) is 17.3 Å². The molecule has 0 bridgehead atoms. The molecule has 114 valence electrons. The maximum Gasteiger partial charge on any atom is 0.232 e. The number of benzene rings is 2. The number of anilines is 1. The number of carbonyl (C=O) groups is 1. The van der Waals surface area contributed by atoms with Crippen molar-refractivity contribution in [3.8, 4) is 0 Å². The molecule has 1 unspecified atom stereocenters. The Balaban J connectivity index is 1.87. The summed E-state index contributed by atoms with van der Waals surface area (Å²) in [7, 11) is 0. The monoisotopic (exact) mass is 315 g/mol. The Morgan fingerprint density at radius 1 is 1.14 bits per heavy atom. The summed E-state index contributed by atoms with van der Waals surface area (Å²) < 4.78 is 5.36. The fourth-order valence-electron chi connectivity index (χ4n) is 2.63. The van der Waals surface area contributed by atoms with Crippen molar-refractivity contribution in [2.45, 2.75) is 13.0 Å². The van der Waals surface area contributed by atoms with Crippen LogP contribution in [0.2, 0.25) is 5.02 Å². The molecule has 0 spiro atoms. The number of amides is 1. The van der Waals surface area contributed by atoms with Gasteiger partial charge in [0.05, 0.1) is 19.1 Å². The molecule has 1 saturated heterocycles. The molecule has 1 amide bonds. The van der Waals surface area contributed by atoms with Gasteiger partial charge in [0.2, 0.25) is 5.91 Å². The third kappa shape index (κ3) is 3.49. The molecule has 1 aliphatic rings. The van der Waals surface area contributed by atoms with E-state index in [2.05, 4.69) is 0 Å². The highest BCUT2D eigenvalue weighted by Gasteiger charge is 2.29. The van der Waals surface area contributed by atoms with Crippen LogP contribution in [0.3, 0.4) is 0 Å². The molecule has 0 N–H and O–H groups in total. The number of nitrogens with zero attached hydrogens (tertiary/aromatic N) is 1. The molecule has 0 aromatic heterocycles. The van der Waals surface area contributed by atoms with E-state index in [1.165, 1.54) is 0 Å². The molecular formula is C18H18ClNO2. The van der Waals surface area contributed by atoms with Crippen molar-refractivity contribution >= 4 is 23.2 Å². The largest absolute Gasteiger partial charge is 0.381 e. The summed E-state index contributed by atoms with van der Waals surface area (Å²) in [6, 6.07) is 17.4. The zero-order chi connectivity index (χ0) is 15.4. The predicted molar refractivity (Wildman–Crippen MR) is 88.0 cm³/mol. The maximum absolute atomic E-state index is 12.8. The van der Waals surface area contributed by atoms with Gasteiger partial charge in [-0.25, -0.2) is 0 Å². The molecule has 2 aromatic rings. The average molecular weight is 316 g/mol. The number of carbonyl (C=O) groups excluding carboxylic acids is 1. The van der Waals surface area contributed by atoms with Crippen LogP contribution in [0.15, 0.2) is 54.6 Å². The first-order valence-electron chi connectivity index (χ1n) is 7.42. The second-order valence-electron chi connectivity index (χ2n) is 5.45. The first-order valence-corrected chi connectivity index (χ1v) is 7.80. The van der Waals surface area contributed by atoms with Crippen LogP contribution in [0.5, 0.6) is 0 Å². The number of ether oxygens (including phenoxy) is 1. The second-order valence-corrected chi connectivity index (χ2v) is 5.88. The summed E-state index contributed by atoms with van der Waals surface area (Å²) in [6.07, 6.45) is 0.789. The van der Waals surface area contributed by atoms with Crippen LogP contribution in [0.25, 0.3) is 0 Å². The van der Waals surface area contributed by atoms with Crippen LogP contribution >= 0.6 is 11.6 Å². The zero-order valence-corrected chi connectivity index (χ0v) is 13.0. The first-order chi connectivity index (χ1) is 10.7. The number of rotatable bonds is 4. The normalized spacial score (nSPS) is 17.4. The van der Waals surface area contributed by atoms with Gasteiger partial charge in [-0.3, -0.25) is 4.79 Å². The summed E-state index contributed by atoms with van der Waals surface area (Å²) in [6.45, 7) is 1.73. The summed E-state index contributed by atoms with van der Waals surface area (Å²) >= 11 is 5.96. The summed E-state index contributed by atoms with van der Waals surface area (Å²) in [4.78, 5) is 14.7. The van der Waals surface area contributed by atoms with Crippen LogP contribution in [-0.4, -0.2) is 19.1 Å². The lowest BCUT2D eigenvalue weighted by Gasteiger charge is -2.25. The van der Waals surface area contributed by atoms with E-state index in [4.69, 9.17) is 16.3 Å². The lowest BCUT2D eigenvalue weighted by Crippen LogP contribution is -2.36. The minimum Gasteiger partial charge on any atom is -0.381 e. The standard InChI is InChI=1S/C18H18ClNO2/c19-16-6-8-17(9-7-16)20(12-14-4-2-1-3-5-14)18(21)15-10-11-22-13-15/h1-9,15H,10-13H2. The molecule has 0 aliphatic carbocycles. The number of hydrogen-bond acceptors (Lipinski definition) is 2. The van der Waals surface area contributed by atoms with Gasteiger partial charge in [-0.05, 0) is 36.2 Å².